The average Bonchev–Trinajstić information content (AvgIpc) is 3.06. The van der Waals surface area contributed by atoms with E-state index in [1.807, 2.05) is 23.1 Å². The van der Waals surface area contributed by atoms with Crippen LogP contribution in [0, 0.1) is 5.92 Å². The van der Waals surface area contributed by atoms with Crippen molar-refractivity contribution in [2.75, 3.05) is 31.1 Å². The first-order valence-electron chi connectivity index (χ1n) is 9.15. The molecular weight excluding hydrogens is 318 g/mol. The van der Waals surface area contributed by atoms with Crippen LogP contribution in [-0.4, -0.2) is 42.0 Å². The molecule has 1 amide bonds. The molecule has 0 unspecified atom stereocenters. The minimum absolute atomic E-state index is 0.178. The highest BCUT2D eigenvalue weighted by Crippen LogP contribution is 2.31. The molecule has 128 valence electrons. The molecule has 2 fully saturated rings. The number of nitrogens with zero attached hydrogens (tertiary/aromatic N) is 3. The molecule has 0 atom stereocenters. The standard InChI is InChI=1S/C19H25N3OS/c1-14-7-11-21(12-8-14)18(23)15-5-6-16-17(13-15)24-19(20-16)22-9-3-2-4-10-22/h5-6,13-14H,2-4,7-12H2,1H3. The van der Waals surface area contributed by atoms with Gasteiger partial charge >= 0.3 is 0 Å². The molecule has 2 aliphatic heterocycles. The number of thiazole rings is 1. The van der Waals surface area contributed by atoms with Gasteiger partial charge in [-0.1, -0.05) is 18.3 Å². The van der Waals surface area contributed by atoms with Crippen molar-refractivity contribution >= 4 is 32.6 Å². The monoisotopic (exact) mass is 343 g/mol. The Hall–Kier alpha value is -1.62. The van der Waals surface area contributed by atoms with Crippen molar-refractivity contribution in [2.45, 2.75) is 39.0 Å². The third-order valence-corrected chi connectivity index (χ3v) is 6.40. The van der Waals surface area contributed by atoms with Gasteiger partial charge in [-0.3, -0.25) is 4.79 Å². The molecule has 3 heterocycles. The highest BCUT2D eigenvalue weighted by Gasteiger charge is 2.22. The lowest BCUT2D eigenvalue weighted by Crippen LogP contribution is -2.37. The molecule has 0 bridgehead atoms. The number of carbonyl (C=O) groups excluding carboxylic acids is 1. The van der Waals surface area contributed by atoms with Crippen LogP contribution in [0.3, 0.4) is 0 Å². The Morgan fingerprint density at radius 3 is 2.62 bits per heavy atom. The van der Waals surface area contributed by atoms with Gasteiger partial charge in [0.1, 0.15) is 0 Å². The van der Waals surface area contributed by atoms with E-state index in [1.54, 1.807) is 11.3 Å². The van der Waals surface area contributed by atoms with Gasteiger partial charge < -0.3 is 9.80 Å². The van der Waals surface area contributed by atoms with Crippen molar-refractivity contribution in [1.82, 2.24) is 9.88 Å². The van der Waals surface area contributed by atoms with Crippen molar-refractivity contribution in [3.05, 3.63) is 23.8 Å². The number of hydrogen-bond acceptors (Lipinski definition) is 4. The Kier molecular flexibility index (Phi) is 4.44. The molecule has 4 rings (SSSR count). The number of anilines is 1. The third-order valence-electron chi connectivity index (χ3n) is 5.32. The number of amides is 1. The molecule has 0 aliphatic carbocycles. The first-order chi connectivity index (χ1) is 11.7. The number of carbonyl (C=O) groups is 1. The first-order valence-corrected chi connectivity index (χ1v) is 9.97. The van der Waals surface area contributed by atoms with Gasteiger partial charge in [-0.15, -0.1) is 0 Å². The normalized spacial score (nSPS) is 19.9. The second kappa shape index (κ2) is 6.71. The average molecular weight is 343 g/mol. The smallest absolute Gasteiger partial charge is 0.253 e. The topological polar surface area (TPSA) is 36.4 Å². The van der Waals surface area contributed by atoms with Gasteiger partial charge in [0.2, 0.25) is 0 Å². The van der Waals surface area contributed by atoms with Gasteiger partial charge in [-0.25, -0.2) is 4.98 Å². The van der Waals surface area contributed by atoms with Gasteiger partial charge in [-0.05, 0) is 56.2 Å². The van der Waals surface area contributed by atoms with Crippen molar-refractivity contribution in [2.24, 2.45) is 5.92 Å². The maximum absolute atomic E-state index is 12.8. The summed E-state index contributed by atoms with van der Waals surface area (Å²) >= 11 is 1.73. The summed E-state index contributed by atoms with van der Waals surface area (Å²) in [7, 11) is 0. The molecule has 2 aromatic rings. The Morgan fingerprint density at radius 1 is 1.12 bits per heavy atom. The van der Waals surface area contributed by atoms with E-state index in [0.717, 1.165) is 65.9 Å². The fourth-order valence-electron chi connectivity index (χ4n) is 3.66. The first kappa shape index (κ1) is 15.9. The second-order valence-corrected chi connectivity index (χ2v) is 8.21. The summed E-state index contributed by atoms with van der Waals surface area (Å²) in [5.74, 6) is 0.918. The Balaban J connectivity index is 1.55. The fourth-order valence-corrected chi connectivity index (χ4v) is 4.72. The van der Waals surface area contributed by atoms with E-state index >= 15 is 0 Å². The van der Waals surface area contributed by atoms with Crippen LogP contribution in [0.15, 0.2) is 18.2 Å². The van der Waals surface area contributed by atoms with E-state index in [4.69, 9.17) is 4.98 Å². The van der Waals surface area contributed by atoms with E-state index in [-0.39, 0.29) is 5.91 Å². The number of rotatable bonds is 2. The summed E-state index contributed by atoms with van der Waals surface area (Å²) in [6.45, 7) is 6.27. The van der Waals surface area contributed by atoms with Crippen LogP contribution >= 0.6 is 11.3 Å². The molecule has 2 saturated heterocycles. The van der Waals surface area contributed by atoms with E-state index in [1.165, 1.54) is 19.3 Å². The van der Waals surface area contributed by atoms with Gasteiger partial charge in [0.25, 0.3) is 5.91 Å². The van der Waals surface area contributed by atoms with Crippen molar-refractivity contribution in [1.29, 1.82) is 0 Å². The summed E-state index contributed by atoms with van der Waals surface area (Å²) in [5.41, 5.74) is 1.83. The molecule has 0 saturated carbocycles. The van der Waals surface area contributed by atoms with Crippen molar-refractivity contribution in [3.63, 3.8) is 0 Å². The van der Waals surface area contributed by atoms with Gasteiger partial charge in [0, 0.05) is 31.7 Å². The van der Waals surface area contributed by atoms with E-state index in [9.17, 15) is 4.79 Å². The second-order valence-electron chi connectivity index (χ2n) is 7.20. The maximum atomic E-state index is 12.8. The number of piperidine rings is 2. The van der Waals surface area contributed by atoms with Crippen LogP contribution < -0.4 is 4.90 Å². The van der Waals surface area contributed by atoms with Gasteiger partial charge in [0.15, 0.2) is 5.13 Å². The lowest BCUT2D eigenvalue weighted by Gasteiger charge is -2.30. The minimum Gasteiger partial charge on any atom is -0.348 e. The zero-order chi connectivity index (χ0) is 16.5. The van der Waals surface area contributed by atoms with E-state index in [2.05, 4.69) is 11.8 Å². The number of aromatic nitrogens is 1. The van der Waals surface area contributed by atoms with Crippen LogP contribution in [0.25, 0.3) is 10.2 Å². The Bertz CT molecular complexity index is 727. The lowest BCUT2D eigenvalue weighted by atomic mass is 9.98. The van der Waals surface area contributed by atoms with Gasteiger partial charge in [-0.2, -0.15) is 0 Å². The van der Waals surface area contributed by atoms with E-state index in [0.29, 0.717) is 0 Å². The van der Waals surface area contributed by atoms with Crippen molar-refractivity contribution < 1.29 is 4.79 Å². The predicted molar refractivity (Wildman–Crippen MR) is 100.0 cm³/mol. The molecule has 0 radical (unpaired) electrons. The van der Waals surface area contributed by atoms with Crippen LogP contribution in [-0.2, 0) is 0 Å². The Labute approximate surface area is 147 Å². The highest BCUT2D eigenvalue weighted by atomic mass is 32.1. The van der Waals surface area contributed by atoms with Gasteiger partial charge in [0.05, 0.1) is 10.2 Å². The highest BCUT2D eigenvalue weighted by molar-refractivity contribution is 7.22. The summed E-state index contributed by atoms with van der Waals surface area (Å²) in [5, 5.41) is 1.11. The van der Waals surface area contributed by atoms with Crippen LogP contribution in [0.1, 0.15) is 49.4 Å². The predicted octanol–water partition coefficient (Wildman–Crippen LogP) is 4.16. The molecule has 1 aromatic heterocycles. The number of likely N-dealkylation sites (tertiary alicyclic amines) is 1. The molecule has 4 nitrogen and oxygen atoms in total. The maximum Gasteiger partial charge on any atom is 0.253 e. The Morgan fingerprint density at radius 2 is 1.88 bits per heavy atom. The quantitative estimate of drug-likeness (QED) is 0.821. The molecule has 2 aliphatic rings. The molecule has 5 heteroatoms. The fraction of sp³-hybridized carbons (Fsp3) is 0.579. The molecule has 24 heavy (non-hydrogen) atoms. The van der Waals surface area contributed by atoms with Crippen LogP contribution in [0.4, 0.5) is 5.13 Å². The third kappa shape index (κ3) is 3.14. The minimum atomic E-state index is 0.178. The molecule has 0 N–H and O–H groups in total. The summed E-state index contributed by atoms with van der Waals surface area (Å²) in [4.78, 5) is 21.9. The van der Waals surface area contributed by atoms with Crippen LogP contribution in [0.2, 0.25) is 0 Å². The largest absolute Gasteiger partial charge is 0.348 e. The SMILES string of the molecule is CC1CCN(C(=O)c2ccc3nc(N4CCCCC4)sc3c2)CC1. The molecular formula is C19H25N3OS. The zero-order valence-corrected chi connectivity index (χ0v) is 15.1. The zero-order valence-electron chi connectivity index (χ0n) is 14.3. The molecule has 1 aromatic carbocycles. The summed E-state index contributed by atoms with van der Waals surface area (Å²) in [6.07, 6.45) is 6.08. The summed E-state index contributed by atoms with van der Waals surface area (Å²) in [6, 6.07) is 6.00. The summed E-state index contributed by atoms with van der Waals surface area (Å²) < 4.78 is 1.13. The number of fused-ring (bicyclic) bond motifs is 1. The lowest BCUT2D eigenvalue weighted by molar-refractivity contribution is 0.0697. The van der Waals surface area contributed by atoms with Crippen molar-refractivity contribution in [3.8, 4) is 0 Å². The number of hydrogen-bond donors (Lipinski definition) is 0. The van der Waals surface area contributed by atoms with Crippen LogP contribution in [0.5, 0.6) is 0 Å². The number of benzene rings is 1. The van der Waals surface area contributed by atoms with E-state index < -0.39 is 0 Å². The molecule has 0 spiro atoms.